The number of nitrogens with zero attached hydrogens (tertiary/aromatic N) is 5. The molecular formula is C18H18N6O5. The van der Waals surface area contributed by atoms with Crippen LogP contribution >= 0.6 is 0 Å². The lowest BCUT2D eigenvalue weighted by molar-refractivity contribution is -0.385. The molecule has 1 aliphatic rings. The maximum absolute atomic E-state index is 13.2. The Balaban J connectivity index is 1.69. The van der Waals surface area contributed by atoms with Crippen LogP contribution in [0, 0.1) is 17.0 Å². The number of carbonyl (C=O) groups is 2. The predicted octanol–water partition coefficient (Wildman–Crippen LogP) is 0.961. The maximum Gasteiger partial charge on any atom is 0.322 e. The first-order valence-electron chi connectivity index (χ1n) is 8.98. The van der Waals surface area contributed by atoms with Crippen LogP contribution in [0.15, 0.2) is 28.7 Å². The summed E-state index contributed by atoms with van der Waals surface area (Å²) in [5.74, 6) is -0.689. The van der Waals surface area contributed by atoms with Crippen LogP contribution in [0.2, 0.25) is 0 Å². The number of carbonyl (C=O) groups excluding carboxylic acids is 2. The molecule has 11 nitrogen and oxygen atoms in total. The van der Waals surface area contributed by atoms with Crippen LogP contribution in [0.5, 0.6) is 0 Å². The smallest absolute Gasteiger partial charge is 0.322 e. The number of fused-ring (bicyclic) bond motifs is 1. The number of hydrogen-bond donors (Lipinski definition) is 1. The molecule has 1 unspecified atom stereocenters. The van der Waals surface area contributed by atoms with E-state index in [4.69, 9.17) is 4.42 Å². The van der Waals surface area contributed by atoms with Crippen LogP contribution in [0.3, 0.4) is 0 Å². The van der Waals surface area contributed by atoms with E-state index in [1.807, 2.05) is 12.1 Å². The highest BCUT2D eigenvalue weighted by Gasteiger charge is 2.39. The second-order valence-electron chi connectivity index (χ2n) is 6.75. The van der Waals surface area contributed by atoms with Crippen LogP contribution in [0.25, 0.3) is 11.1 Å². The Morgan fingerprint density at radius 1 is 1.41 bits per heavy atom. The average molecular weight is 398 g/mol. The molecule has 1 aliphatic heterocycles. The summed E-state index contributed by atoms with van der Waals surface area (Å²) in [5, 5.41) is 18.2. The Hall–Kier alpha value is -3.76. The van der Waals surface area contributed by atoms with Crippen molar-refractivity contribution in [3.8, 4) is 0 Å². The van der Waals surface area contributed by atoms with E-state index in [0.29, 0.717) is 17.0 Å². The third-order valence-corrected chi connectivity index (χ3v) is 4.87. The first-order valence-corrected chi connectivity index (χ1v) is 8.98. The molecule has 3 aromatic rings. The number of nitrogens with one attached hydrogen (secondary N) is 1. The van der Waals surface area contributed by atoms with Crippen LogP contribution in [0.1, 0.15) is 22.1 Å². The molecular weight excluding hydrogens is 380 g/mol. The minimum atomic E-state index is -0.904. The van der Waals surface area contributed by atoms with Gasteiger partial charge in [-0.3, -0.25) is 24.4 Å². The molecule has 1 saturated heterocycles. The molecule has 0 saturated carbocycles. The summed E-state index contributed by atoms with van der Waals surface area (Å²) in [6.07, 6.45) is 0.0525. The number of hydrogen-bond acceptors (Lipinski definition) is 7. The van der Waals surface area contributed by atoms with Crippen molar-refractivity contribution in [1.82, 2.24) is 25.0 Å². The lowest BCUT2D eigenvalue weighted by Gasteiger charge is -2.34. The third-order valence-electron chi connectivity index (χ3n) is 4.87. The van der Waals surface area contributed by atoms with E-state index in [1.165, 1.54) is 23.6 Å². The fourth-order valence-corrected chi connectivity index (χ4v) is 3.57. The summed E-state index contributed by atoms with van der Waals surface area (Å²) < 4.78 is 6.87. The minimum Gasteiger partial charge on any atom is -0.441 e. The van der Waals surface area contributed by atoms with Gasteiger partial charge >= 0.3 is 5.69 Å². The van der Waals surface area contributed by atoms with Gasteiger partial charge in [-0.2, -0.15) is 5.10 Å². The summed E-state index contributed by atoms with van der Waals surface area (Å²) in [6.45, 7) is 1.92. The number of rotatable bonds is 4. The molecule has 1 fully saturated rings. The molecule has 150 valence electrons. The lowest BCUT2D eigenvalue weighted by Crippen LogP contribution is -2.58. The molecule has 3 heterocycles. The number of para-hydroxylation sites is 2. The minimum absolute atomic E-state index is 0.0525. The van der Waals surface area contributed by atoms with Gasteiger partial charge in [0.05, 0.1) is 11.3 Å². The van der Waals surface area contributed by atoms with E-state index in [1.54, 1.807) is 12.1 Å². The Kier molecular flexibility index (Phi) is 4.49. The fourth-order valence-electron chi connectivity index (χ4n) is 3.57. The van der Waals surface area contributed by atoms with Crippen molar-refractivity contribution < 1.29 is 18.9 Å². The summed E-state index contributed by atoms with van der Waals surface area (Å²) in [4.78, 5) is 42.3. The summed E-state index contributed by atoms with van der Waals surface area (Å²) in [5.41, 5.74) is 0.843. The quantitative estimate of drug-likeness (QED) is 0.510. The number of benzene rings is 1. The molecule has 2 amide bonds. The molecule has 0 spiro atoms. The molecule has 0 bridgehead atoms. The number of amides is 2. The highest BCUT2D eigenvalue weighted by atomic mass is 16.6. The van der Waals surface area contributed by atoms with Crippen LogP contribution in [-0.4, -0.2) is 55.5 Å². The molecule has 11 heteroatoms. The van der Waals surface area contributed by atoms with Gasteiger partial charge in [-0.15, -0.1) is 0 Å². The standard InChI is InChI=1S/C18H18N6O5/c1-10-15(24(27)28)16(22(2)21-10)18(26)23-8-7-19-17(25)12(23)9-14-20-11-5-3-4-6-13(11)29-14/h3-6,12H,7-9H2,1-2H3,(H,19,25). The Morgan fingerprint density at radius 2 is 2.17 bits per heavy atom. The van der Waals surface area contributed by atoms with Crippen molar-refractivity contribution in [2.45, 2.75) is 19.4 Å². The Bertz CT molecular complexity index is 1100. The first kappa shape index (κ1) is 18.6. The molecule has 29 heavy (non-hydrogen) atoms. The Labute approximate surface area is 164 Å². The van der Waals surface area contributed by atoms with Crippen LogP contribution in [0.4, 0.5) is 5.69 Å². The van der Waals surface area contributed by atoms with Gasteiger partial charge in [-0.25, -0.2) is 4.98 Å². The Morgan fingerprint density at radius 3 is 2.90 bits per heavy atom. The fraction of sp³-hybridized carbons (Fsp3) is 0.333. The van der Waals surface area contributed by atoms with Crippen molar-refractivity contribution in [1.29, 1.82) is 0 Å². The summed E-state index contributed by atoms with van der Waals surface area (Å²) >= 11 is 0. The molecule has 2 aromatic heterocycles. The number of aryl methyl sites for hydroxylation is 2. The number of aromatic nitrogens is 3. The molecule has 0 radical (unpaired) electrons. The first-order chi connectivity index (χ1) is 13.9. The zero-order valence-electron chi connectivity index (χ0n) is 15.8. The zero-order valence-corrected chi connectivity index (χ0v) is 15.8. The third kappa shape index (κ3) is 3.20. The highest BCUT2D eigenvalue weighted by Crippen LogP contribution is 2.26. The van der Waals surface area contributed by atoms with Crippen molar-refractivity contribution in [2.24, 2.45) is 7.05 Å². The van der Waals surface area contributed by atoms with Gasteiger partial charge in [-0.1, -0.05) is 12.1 Å². The number of oxazole rings is 1. The number of piperazine rings is 1. The summed E-state index contributed by atoms with van der Waals surface area (Å²) in [6, 6.07) is 6.27. The topological polar surface area (TPSA) is 136 Å². The van der Waals surface area contributed by atoms with Gasteiger partial charge in [0.25, 0.3) is 5.91 Å². The summed E-state index contributed by atoms with van der Waals surface area (Å²) in [7, 11) is 1.47. The van der Waals surface area contributed by atoms with E-state index in [2.05, 4.69) is 15.4 Å². The van der Waals surface area contributed by atoms with Gasteiger partial charge in [0, 0.05) is 20.1 Å². The lowest BCUT2D eigenvalue weighted by atomic mass is 10.1. The number of nitro groups is 1. The largest absolute Gasteiger partial charge is 0.441 e. The predicted molar refractivity (Wildman–Crippen MR) is 100 cm³/mol. The molecule has 1 atom stereocenters. The van der Waals surface area contributed by atoms with Gasteiger partial charge in [-0.05, 0) is 19.1 Å². The van der Waals surface area contributed by atoms with Crippen LogP contribution < -0.4 is 5.32 Å². The second-order valence-corrected chi connectivity index (χ2v) is 6.75. The normalized spacial score (nSPS) is 16.8. The van der Waals surface area contributed by atoms with E-state index in [0.717, 1.165) is 0 Å². The van der Waals surface area contributed by atoms with E-state index < -0.39 is 16.9 Å². The van der Waals surface area contributed by atoms with Crippen LogP contribution in [-0.2, 0) is 18.3 Å². The zero-order chi connectivity index (χ0) is 20.7. The van der Waals surface area contributed by atoms with Crippen molar-refractivity contribution >= 4 is 28.6 Å². The second kappa shape index (κ2) is 7.00. The van der Waals surface area contributed by atoms with Gasteiger partial charge in [0.15, 0.2) is 11.5 Å². The molecule has 0 aliphatic carbocycles. The van der Waals surface area contributed by atoms with Gasteiger partial charge < -0.3 is 14.6 Å². The average Bonchev–Trinajstić information content (AvgIpc) is 3.22. The van der Waals surface area contributed by atoms with E-state index >= 15 is 0 Å². The molecule has 1 aromatic carbocycles. The highest BCUT2D eigenvalue weighted by molar-refractivity contribution is 6.00. The SMILES string of the molecule is Cc1nn(C)c(C(=O)N2CCNC(=O)C2Cc2nc3ccccc3o2)c1[N+](=O)[O-]. The molecule has 1 N–H and O–H groups in total. The molecule has 4 rings (SSSR count). The van der Waals surface area contributed by atoms with E-state index in [-0.39, 0.29) is 42.5 Å². The van der Waals surface area contributed by atoms with Crippen molar-refractivity contribution in [3.05, 3.63) is 51.7 Å². The van der Waals surface area contributed by atoms with Gasteiger partial charge in [0.1, 0.15) is 17.3 Å². The monoisotopic (exact) mass is 398 g/mol. The van der Waals surface area contributed by atoms with E-state index in [9.17, 15) is 19.7 Å². The van der Waals surface area contributed by atoms with Crippen molar-refractivity contribution in [2.75, 3.05) is 13.1 Å². The van der Waals surface area contributed by atoms with Crippen molar-refractivity contribution in [3.63, 3.8) is 0 Å². The van der Waals surface area contributed by atoms with Gasteiger partial charge in [0.2, 0.25) is 11.6 Å². The maximum atomic E-state index is 13.2.